The Labute approximate surface area is 86.4 Å². The molecule has 0 saturated heterocycles. The second-order valence-corrected chi connectivity index (χ2v) is 2.98. The number of nitrogens with two attached hydrogens (primary N) is 1. The minimum Gasteiger partial charge on any atom is -0.384 e. The lowest BCUT2D eigenvalue weighted by Gasteiger charge is -2.08. The van der Waals surface area contributed by atoms with E-state index in [1.807, 2.05) is 0 Å². The zero-order valence-electron chi connectivity index (χ0n) is 8.04. The first kappa shape index (κ1) is 11.6. The summed E-state index contributed by atoms with van der Waals surface area (Å²) in [5.74, 6) is -0.0914. The summed E-state index contributed by atoms with van der Waals surface area (Å²) in [4.78, 5) is 0. The van der Waals surface area contributed by atoms with Crippen LogP contribution in [0.2, 0.25) is 0 Å². The molecule has 0 aliphatic heterocycles. The number of ether oxygens (including phenoxy) is 1. The smallest absolute Gasteiger partial charge is 0.261 e. The Morgan fingerprint density at radius 1 is 1.40 bits per heavy atom. The number of benzene rings is 1. The van der Waals surface area contributed by atoms with Crippen molar-refractivity contribution in [2.45, 2.75) is 13.0 Å². The van der Waals surface area contributed by atoms with Crippen molar-refractivity contribution in [1.29, 1.82) is 5.41 Å². The predicted molar refractivity (Wildman–Crippen MR) is 53.1 cm³/mol. The standard InChI is InChI=1S/C10H12F2N2O/c11-9(12)6-15-5-7-3-1-2-4-8(7)10(13)14/h1-4,9H,5-6H2,(H3,13,14). The summed E-state index contributed by atoms with van der Waals surface area (Å²) < 4.78 is 28.4. The quantitative estimate of drug-likeness (QED) is 0.579. The lowest BCUT2D eigenvalue weighted by atomic mass is 10.1. The molecule has 0 unspecified atom stereocenters. The monoisotopic (exact) mass is 214 g/mol. The molecule has 15 heavy (non-hydrogen) atoms. The number of nitrogen functional groups attached to an aromatic ring is 1. The third kappa shape index (κ3) is 3.63. The van der Waals surface area contributed by atoms with Crippen LogP contribution in [-0.2, 0) is 11.3 Å². The highest BCUT2D eigenvalue weighted by molar-refractivity contribution is 5.96. The fourth-order valence-electron chi connectivity index (χ4n) is 1.17. The number of hydrogen-bond donors (Lipinski definition) is 2. The molecule has 0 fully saturated rings. The van der Waals surface area contributed by atoms with Crippen molar-refractivity contribution in [3.05, 3.63) is 35.4 Å². The van der Waals surface area contributed by atoms with E-state index in [-0.39, 0.29) is 12.4 Å². The van der Waals surface area contributed by atoms with Crippen LogP contribution in [0.4, 0.5) is 8.78 Å². The Morgan fingerprint density at radius 2 is 2.07 bits per heavy atom. The summed E-state index contributed by atoms with van der Waals surface area (Å²) in [6, 6.07) is 6.83. The van der Waals surface area contributed by atoms with E-state index in [0.29, 0.717) is 11.1 Å². The van der Waals surface area contributed by atoms with E-state index in [1.165, 1.54) is 0 Å². The van der Waals surface area contributed by atoms with Crippen LogP contribution in [0.5, 0.6) is 0 Å². The average Bonchev–Trinajstić information content (AvgIpc) is 2.17. The molecule has 0 aromatic heterocycles. The van der Waals surface area contributed by atoms with E-state index >= 15 is 0 Å². The van der Waals surface area contributed by atoms with E-state index in [0.717, 1.165) is 0 Å². The van der Waals surface area contributed by atoms with E-state index in [1.54, 1.807) is 24.3 Å². The fourth-order valence-corrected chi connectivity index (χ4v) is 1.17. The Bertz CT molecular complexity index is 342. The Balaban J connectivity index is 2.63. The van der Waals surface area contributed by atoms with Gasteiger partial charge in [-0.2, -0.15) is 0 Å². The number of amidine groups is 1. The summed E-state index contributed by atoms with van der Waals surface area (Å²) in [5.41, 5.74) is 6.49. The molecule has 82 valence electrons. The van der Waals surface area contributed by atoms with Crippen LogP contribution in [0.1, 0.15) is 11.1 Å². The lowest BCUT2D eigenvalue weighted by Crippen LogP contribution is -2.14. The van der Waals surface area contributed by atoms with Crippen molar-refractivity contribution >= 4 is 5.84 Å². The van der Waals surface area contributed by atoms with E-state index in [2.05, 4.69) is 0 Å². The third-order valence-corrected chi connectivity index (χ3v) is 1.81. The topological polar surface area (TPSA) is 59.1 Å². The zero-order valence-corrected chi connectivity index (χ0v) is 8.04. The van der Waals surface area contributed by atoms with Gasteiger partial charge in [-0.25, -0.2) is 8.78 Å². The Hall–Kier alpha value is -1.49. The van der Waals surface area contributed by atoms with Crippen molar-refractivity contribution in [2.24, 2.45) is 5.73 Å². The first-order chi connectivity index (χ1) is 7.11. The van der Waals surface area contributed by atoms with Crippen molar-refractivity contribution < 1.29 is 13.5 Å². The summed E-state index contributed by atoms with van der Waals surface area (Å²) in [6.07, 6.45) is -2.48. The molecule has 1 rings (SSSR count). The normalized spacial score (nSPS) is 10.6. The number of hydrogen-bond acceptors (Lipinski definition) is 2. The maximum Gasteiger partial charge on any atom is 0.261 e. The van der Waals surface area contributed by atoms with Crippen LogP contribution in [0.15, 0.2) is 24.3 Å². The number of nitrogens with one attached hydrogen (secondary N) is 1. The van der Waals surface area contributed by atoms with E-state index in [9.17, 15) is 8.78 Å². The zero-order chi connectivity index (χ0) is 11.3. The molecule has 3 nitrogen and oxygen atoms in total. The highest BCUT2D eigenvalue weighted by Crippen LogP contribution is 2.09. The first-order valence-electron chi connectivity index (χ1n) is 4.39. The molecule has 0 saturated carbocycles. The van der Waals surface area contributed by atoms with Crippen LogP contribution in [0.3, 0.4) is 0 Å². The molecule has 1 aromatic rings. The summed E-state index contributed by atoms with van der Waals surface area (Å²) in [6.45, 7) is -0.563. The van der Waals surface area contributed by atoms with Crippen LogP contribution < -0.4 is 5.73 Å². The predicted octanol–water partition coefficient (Wildman–Crippen LogP) is 1.75. The largest absolute Gasteiger partial charge is 0.384 e. The van der Waals surface area contributed by atoms with Crippen molar-refractivity contribution in [3.8, 4) is 0 Å². The second-order valence-electron chi connectivity index (χ2n) is 2.98. The van der Waals surface area contributed by atoms with Gasteiger partial charge in [-0.1, -0.05) is 24.3 Å². The molecular weight excluding hydrogens is 202 g/mol. The molecule has 0 radical (unpaired) electrons. The molecule has 0 amide bonds. The van der Waals surface area contributed by atoms with E-state index < -0.39 is 13.0 Å². The molecule has 5 heteroatoms. The van der Waals surface area contributed by atoms with Crippen molar-refractivity contribution in [2.75, 3.05) is 6.61 Å². The van der Waals surface area contributed by atoms with Crippen LogP contribution >= 0.6 is 0 Å². The first-order valence-corrected chi connectivity index (χ1v) is 4.39. The van der Waals surface area contributed by atoms with E-state index in [4.69, 9.17) is 15.9 Å². The molecular formula is C10H12F2N2O. The number of halogens is 2. The van der Waals surface area contributed by atoms with Gasteiger partial charge in [-0.3, -0.25) is 5.41 Å². The Morgan fingerprint density at radius 3 is 2.67 bits per heavy atom. The summed E-state index contributed by atoms with van der Waals surface area (Å²) in [5, 5.41) is 7.27. The van der Waals surface area contributed by atoms with Gasteiger partial charge in [0.05, 0.1) is 6.61 Å². The number of alkyl halides is 2. The molecule has 1 aromatic carbocycles. The molecule has 3 N–H and O–H groups in total. The van der Waals surface area contributed by atoms with Gasteiger partial charge in [-0.05, 0) is 5.56 Å². The van der Waals surface area contributed by atoms with Gasteiger partial charge < -0.3 is 10.5 Å². The molecule has 0 spiro atoms. The average molecular weight is 214 g/mol. The van der Waals surface area contributed by atoms with Gasteiger partial charge in [0.15, 0.2) is 0 Å². The van der Waals surface area contributed by atoms with Gasteiger partial charge in [0.25, 0.3) is 6.43 Å². The molecule has 0 aliphatic carbocycles. The van der Waals surface area contributed by atoms with Crippen molar-refractivity contribution in [3.63, 3.8) is 0 Å². The number of rotatable bonds is 5. The summed E-state index contributed by atoms with van der Waals surface area (Å²) in [7, 11) is 0. The third-order valence-electron chi connectivity index (χ3n) is 1.81. The van der Waals surface area contributed by atoms with Crippen LogP contribution in [0.25, 0.3) is 0 Å². The molecule has 0 aliphatic rings. The maximum atomic E-state index is 11.8. The summed E-state index contributed by atoms with van der Waals surface area (Å²) >= 11 is 0. The lowest BCUT2D eigenvalue weighted by molar-refractivity contribution is 0.00984. The minimum absolute atomic E-state index is 0.0418. The van der Waals surface area contributed by atoms with Gasteiger partial charge >= 0.3 is 0 Å². The Kier molecular flexibility index (Phi) is 4.17. The van der Waals surface area contributed by atoms with Crippen molar-refractivity contribution in [1.82, 2.24) is 0 Å². The SMILES string of the molecule is N=C(N)c1ccccc1COCC(F)F. The molecule has 0 atom stereocenters. The van der Waals surface area contributed by atoms with Crippen LogP contribution in [0, 0.1) is 5.41 Å². The second kappa shape index (κ2) is 5.41. The fraction of sp³-hybridized carbons (Fsp3) is 0.300. The van der Waals surface area contributed by atoms with Gasteiger partial charge in [0.2, 0.25) is 0 Å². The molecule has 0 bridgehead atoms. The minimum atomic E-state index is -2.48. The highest BCUT2D eigenvalue weighted by atomic mass is 19.3. The van der Waals surface area contributed by atoms with Gasteiger partial charge in [0, 0.05) is 5.56 Å². The van der Waals surface area contributed by atoms with Gasteiger partial charge in [-0.15, -0.1) is 0 Å². The molecule has 0 heterocycles. The maximum absolute atomic E-state index is 11.8. The van der Waals surface area contributed by atoms with Gasteiger partial charge in [0.1, 0.15) is 12.4 Å². The highest BCUT2D eigenvalue weighted by Gasteiger charge is 2.06. The van der Waals surface area contributed by atoms with Crippen LogP contribution in [-0.4, -0.2) is 18.9 Å².